The number of pyridine rings is 4. The first-order chi connectivity index (χ1) is 26.5. The molecular weight excluding hydrogens is 673 g/mol. The number of hydrogen-bond donors (Lipinski definition) is 0. The molecule has 11 rings (SSSR count). The van der Waals surface area contributed by atoms with Gasteiger partial charge in [0.2, 0.25) is 0 Å². The van der Waals surface area contributed by atoms with Gasteiger partial charge in [0.25, 0.3) is 11.4 Å². The third kappa shape index (κ3) is 5.92. The fourth-order valence-corrected chi connectivity index (χ4v) is 7.86. The van der Waals surface area contributed by atoms with Crippen LogP contribution >= 0.6 is 0 Å². The Morgan fingerprint density at radius 3 is 1.44 bits per heavy atom. The maximum Gasteiger partial charge on any atom is 0.286 e. The topological polar surface area (TPSA) is 104 Å². The lowest BCUT2D eigenvalue weighted by molar-refractivity contribution is -0.398. The molecule has 0 radical (unpaired) electrons. The van der Waals surface area contributed by atoms with E-state index < -0.39 is 0 Å². The normalized spacial score (nSPS) is 18.9. The van der Waals surface area contributed by atoms with Crippen LogP contribution in [0.5, 0.6) is 0 Å². The Balaban J connectivity index is 1.28. The third-order valence-electron chi connectivity index (χ3n) is 10.4. The predicted octanol–water partition coefficient (Wildman–Crippen LogP) is 3.93. The molecule has 10 heteroatoms. The van der Waals surface area contributed by atoms with Crippen molar-refractivity contribution in [3.8, 4) is 22.8 Å². The molecule has 0 spiro atoms. The van der Waals surface area contributed by atoms with Crippen LogP contribution in [0.2, 0.25) is 0 Å². The van der Waals surface area contributed by atoms with Crippen molar-refractivity contribution in [1.82, 2.24) is 34.8 Å². The summed E-state index contributed by atoms with van der Waals surface area (Å²) in [7, 11) is 0. The number of nitrogens with zero attached hydrogens (tertiary/aromatic N) is 8. The first-order valence-corrected chi connectivity index (χ1v) is 18.1. The maximum atomic E-state index is 14.9. The summed E-state index contributed by atoms with van der Waals surface area (Å²) >= 11 is 0. The van der Waals surface area contributed by atoms with E-state index in [2.05, 4.69) is 9.80 Å². The summed E-state index contributed by atoms with van der Waals surface area (Å²) in [6.07, 6.45) is 3.68. The predicted molar refractivity (Wildman–Crippen MR) is 206 cm³/mol. The fraction of sp³-hybridized carbons (Fsp3) is 0.136. The SMILES string of the molecule is O=[N+]1C2=C3C=c4ccccc4=C(CN4Cc5cccc(n5)-c5cccc(n5)CN(CC1=c1ccccc1=C2)Cc1cccc(n1)-c1cccc(n1)C4)N3[O-]. The fourth-order valence-electron chi connectivity index (χ4n) is 7.86. The molecule has 5 aliphatic rings. The van der Waals surface area contributed by atoms with Gasteiger partial charge in [-0.1, -0.05) is 66.7 Å². The number of aromatic nitrogens is 4. The standard InChI is InChI=1S/C44H34N8O2/c53-51-41-21-29-9-1-3-15-35(29)43(51)27-49-23-31-11-5-17-37(45-31)39-19-7-13-33(47-39)25-50(28-44-36-16-4-2-10-30(36)22-42(41)52(44)54)26-34-14-8-20-40(48-34)38-18-6-12-32(24-49)46-38/h1-22H,23-28H2. The summed E-state index contributed by atoms with van der Waals surface area (Å²) in [5, 5.41) is 19.2. The van der Waals surface area contributed by atoms with Gasteiger partial charge in [-0.3, -0.25) is 9.80 Å². The van der Waals surface area contributed by atoms with Crippen molar-refractivity contribution < 1.29 is 4.76 Å². The van der Waals surface area contributed by atoms with Crippen LogP contribution in [0.1, 0.15) is 22.8 Å². The highest BCUT2D eigenvalue weighted by atomic mass is 16.5. The van der Waals surface area contributed by atoms with Crippen molar-refractivity contribution in [3.63, 3.8) is 0 Å². The summed E-state index contributed by atoms with van der Waals surface area (Å²) in [4.78, 5) is 39.7. The monoisotopic (exact) mass is 706 g/mol. The van der Waals surface area contributed by atoms with E-state index in [1.807, 2.05) is 133 Å². The number of benzene rings is 2. The maximum absolute atomic E-state index is 14.9. The molecule has 0 aliphatic carbocycles. The number of allylic oxidation sites excluding steroid dienone is 2. The van der Waals surface area contributed by atoms with Gasteiger partial charge in [0.1, 0.15) is 5.70 Å². The summed E-state index contributed by atoms with van der Waals surface area (Å²) in [5.74, 6) is 0. The molecule has 0 amide bonds. The minimum atomic E-state index is 0.268. The van der Waals surface area contributed by atoms with Crippen LogP contribution in [0.25, 0.3) is 46.3 Å². The Labute approximate surface area is 310 Å². The van der Waals surface area contributed by atoms with Gasteiger partial charge in [0.15, 0.2) is 0 Å². The van der Waals surface area contributed by atoms with E-state index in [4.69, 9.17) is 19.9 Å². The van der Waals surface area contributed by atoms with E-state index >= 15 is 0 Å². The Kier molecular flexibility index (Phi) is 7.87. The zero-order valence-corrected chi connectivity index (χ0v) is 29.3. The van der Waals surface area contributed by atoms with Crippen LogP contribution in [-0.4, -0.2) is 52.6 Å². The van der Waals surface area contributed by atoms with Crippen molar-refractivity contribution in [2.75, 3.05) is 13.1 Å². The van der Waals surface area contributed by atoms with Crippen molar-refractivity contribution in [3.05, 3.63) is 186 Å². The van der Waals surface area contributed by atoms with E-state index in [0.717, 1.165) is 76.2 Å². The Morgan fingerprint density at radius 2 is 0.926 bits per heavy atom. The van der Waals surface area contributed by atoms with Crippen LogP contribution in [0.15, 0.2) is 133 Å². The zero-order chi connectivity index (χ0) is 36.2. The molecule has 6 aromatic rings. The van der Waals surface area contributed by atoms with Crippen molar-refractivity contribution in [2.45, 2.75) is 26.2 Å². The molecule has 4 aromatic heterocycles. The first kappa shape index (κ1) is 32.2. The summed E-state index contributed by atoms with van der Waals surface area (Å²) in [5.41, 5.74) is 8.07. The van der Waals surface area contributed by atoms with Crippen LogP contribution in [-0.2, 0) is 26.2 Å². The van der Waals surface area contributed by atoms with Gasteiger partial charge in [-0.05, 0) is 71.1 Å². The van der Waals surface area contributed by atoms with Gasteiger partial charge in [-0.2, -0.15) is 0 Å². The third-order valence-corrected chi connectivity index (χ3v) is 10.4. The van der Waals surface area contributed by atoms with Gasteiger partial charge < -0.3 is 10.3 Å². The lowest BCUT2D eigenvalue weighted by Crippen LogP contribution is -2.43. The van der Waals surface area contributed by atoms with E-state index in [1.54, 1.807) is 0 Å². The quantitative estimate of drug-likeness (QED) is 0.218. The Morgan fingerprint density at radius 1 is 0.481 bits per heavy atom. The highest BCUT2D eigenvalue weighted by Crippen LogP contribution is 2.27. The summed E-state index contributed by atoms with van der Waals surface area (Å²) < 4.78 is 0.957. The molecule has 9 heterocycles. The zero-order valence-electron chi connectivity index (χ0n) is 29.3. The molecule has 0 atom stereocenters. The molecule has 0 N–H and O–H groups in total. The highest BCUT2D eigenvalue weighted by molar-refractivity contribution is 5.68. The number of fused-ring (bicyclic) bond motifs is 2. The number of nitroso groups, excluding NO2 is 1. The van der Waals surface area contributed by atoms with Crippen molar-refractivity contribution in [1.29, 1.82) is 0 Å². The average Bonchev–Trinajstić information content (AvgIpc) is 3.19. The van der Waals surface area contributed by atoms with E-state index in [-0.39, 0.29) is 13.1 Å². The number of rotatable bonds is 0. The van der Waals surface area contributed by atoms with Crippen LogP contribution in [0.4, 0.5) is 0 Å². The lowest BCUT2D eigenvalue weighted by atomic mass is 10.0. The molecule has 262 valence electrons. The molecule has 0 saturated heterocycles. The van der Waals surface area contributed by atoms with E-state index in [1.165, 1.54) is 0 Å². The lowest BCUT2D eigenvalue weighted by Gasteiger charge is -2.38. The molecule has 14 bridgehead atoms. The number of hydroxylamine groups is 2. The largest absolute Gasteiger partial charge is 0.754 e. The second kappa shape index (κ2) is 13.2. The van der Waals surface area contributed by atoms with Crippen molar-refractivity contribution in [2.24, 2.45) is 0 Å². The minimum Gasteiger partial charge on any atom is -0.754 e. The molecule has 5 aliphatic heterocycles. The van der Waals surface area contributed by atoms with Gasteiger partial charge in [0.05, 0.1) is 62.1 Å². The molecule has 10 nitrogen and oxygen atoms in total. The Bertz CT molecular complexity index is 2720. The van der Waals surface area contributed by atoms with Crippen molar-refractivity contribution >= 4 is 23.5 Å². The second-order valence-electron chi connectivity index (χ2n) is 14.1. The minimum absolute atomic E-state index is 0.268. The number of hydrogen-bond acceptors (Lipinski definition) is 9. The summed E-state index contributed by atoms with van der Waals surface area (Å²) in [6.45, 7) is 2.26. The van der Waals surface area contributed by atoms with Gasteiger partial charge >= 0.3 is 0 Å². The summed E-state index contributed by atoms with van der Waals surface area (Å²) in [6, 6.07) is 39.8. The first-order valence-electron chi connectivity index (χ1n) is 18.1. The average molecular weight is 707 g/mol. The van der Waals surface area contributed by atoms with E-state index in [9.17, 15) is 10.1 Å². The second-order valence-corrected chi connectivity index (χ2v) is 14.1. The van der Waals surface area contributed by atoms with Crippen LogP contribution in [0.3, 0.4) is 0 Å². The molecule has 0 saturated carbocycles. The van der Waals surface area contributed by atoms with E-state index in [0.29, 0.717) is 49.0 Å². The molecule has 54 heavy (non-hydrogen) atoms. The molecule has 0 fully saturated rings. The Hall–Kier alpha value is -6.46. The van der Waals surface area contributed by atoms with Gasteiger partial charge in [0, 0.05) is 54.6 Å². The van der Waals surface area contributed by atoms with Crippen LogP contribution < -0.4 is 20.9 Å². The highest BCUT2D eigenvalue weighted by Gasteiger charge is 2.34. The molecule has 0 unspecified atom stereocenters. The van der Waals surface area contributed by atoms with Gasteiger partial charge in [-0.15, -0.1) is 0 Å². The van der Waals surface area contributed by atoms with Crippen LogP contribution in [0, 0.1) is 10.1 Å². The molecular formula is C44H34N8O2. The smallest absolute Gasteiger partial charge is 0.286 e. The molecule has 2 aromatic carbocycles. The van der Waals surface area contributed by atoms with Gasteiger partial charge in [-0.25, -0.2) is 19.9 Å².